The third kappa shape index (κ3) is 3.68. The number of carbonyl (C=O) groups is 2. The van der Waals surface area contributed by atoms with Crippen LogP contribution in [0.15, 0.2) is 22.7 Å². The Labute approximate surface area is 174 Å². The lowest BCUT2D eigenvalue weighted by Crippen LogP contribution is -2.44. The van der Waals surface area contributed by atoms with Gasteiger partial charge in [0.2, 0.25) is 5.91 Å². The van der Waals surface area contributed by atoms with Crippen LogP contribution in [-0.2, 0) is 15.1 Å². The standard InChI is InChI=1S/C21H26ClN3O4/c1-20(2,3)28-19(27)25-9-12-13(10-25)15(12)18(26)23-21(4,5)17-11-7-6-8-14(22)16(11)29-24-17/h6-8,12-13,15H,9-10H2,1-5H3,(H,23,26). The summed E-state index contributed by atoms with van der Waals surface area (Å²) in [6.07, 6.45) is -0.310. The van der Waals surface area contributed by atoms with Crippen molar-refractivity contribution in [1.82, 2.24) is 15.4 Å². The third-order valence-electron chi connectivity index (χ3n) is 5.63. The number of amides is 2. The molecule has 2 unspecified atom stereocenters. The van der Waals surface area contributed by atoms with Gasteiger partial charge >= 0.3 is 6.09 Å². The van der Waals surface area contributed by atoms with E-state index in [9.17, 15) is 9.59 Å². The summed E-state index contributed by atoms with van der Waals surface area (Å²) in [6, 6.07) is 5.46. The third-order valence-corrected chi connectivity index (χ3v) is 5.92. The molecule has 2 amide bonds. The van der Waals surface area contributed by atoms with Gasteiger partial charge in [-0.2, -0.15) is 0 Å². The van der Waals surface area contributed by atoms with Crippen molar-refractivity contribution in [3.05, 3.63) is 28.9 Å². The maximum Gasteiger partial charge on any atom is 0.410 e. The molecular formula is C21H26ClN3O4. The summed E-state index contributed by atoms with van der Waals surface area (Å²) in [7, 11) is 0. The number of para-hydroxylation sites is 1. The summed E-state index contributed by atoms with van der Waals surface area (Å²) in [6.45, 7) is 10.5. The van der Waals surface area contributed by atoms with Crippen molar-refractivity contribution >= 4 is 34.6 Å². The smallest absolute Gasteiger partial charge is 0.410 e. The maximum atomic E-state index is 12.9. The molecule has 8 heteroatoms. The van der Waals surface area contributed by atoms with E-state index in [0.29, 0.717) is 29.4 Å². The van der Waals surface area contributed by atoms with E-state index in [0.717, 1.165) is 5.39 Å². The van der Waals surface area contributed by atoms with Crippen molar-refractivity contribution in [3.8, 4) is 0 Å². The van der Waals surface area contributed by atoms with Crippen LogP contribution in [0.2, 0.25) is 5.02 Å². The normalized spacial score (nSPS) is 23.8. The molecule has 29 heavy (non-hydrogen) atoms. The fraction of sp³-hybridized carbons (Fsp3) is 0.571. The zero-order valence-electron chi connectivity index (χ0n) is 17.3. The number of hydrogen-bond donors (Lipinski definition) is 1. The van der Waals surface area contributed by atoms with Crippen LogP contribution in [0.25, 0.3) is 11.0 Å². The molecule has 1 aromatic heterocycles. The minimum atomic E-state index is -0.714. The molecule has 0 bridgehead atoms. The van der Waals surface area contributed by atoms with Gasteiger partial charge < -0.3 is 19.5 Å². The molecule has 2 aromatic rings. The predicted molar refractivity (Wildman–Crippen MR) is 108 cm³/mol. The SMILES string of the molecule is CC(C)(C)OC(=O)N1CC2C(C1)C2C(=O)NC(C)(C)c1noc2c(Cl)cccc12. The number of hydrogen-bond acceptors (Lipinski definition) is 5. The summed E-state index contributed by atoms with van der Waals surface area (Å²) in [4.78, 5) is 26.8. The zero-order chi connectivity index (χ0) is 21.1. The van der Waals surface area contributed by atoms with Crippen molar-refractivity contribution in [2.75, 3.05) is 13.1 Å². The van der Waals surface area contributed by atoms with Crippen LogP contribution < -0.4 is 5.32 Å². The Morgan fingerprint density at radius 1 is 1.21 bits per heavy atom. The van der Waals surface area contributed by atoms with Crippen LogP contribution >= 0.6 is 11.6 Å². The summed E-state index contributed by atoms with van der Waals surface area (Å²) in [5.74, 6) is 0.255. The van der Waals surface area contributed by atoms with Crippen LogP contribution in [0.1, 0.15) is 40.3 Å². The molecule has 1 saturated carbocycles. The number of aromatic nitrogens is 1. The van der Waals surface area contributed by atoms with E-state index in [-0.39, 0.29) is 29.8 Å². The van der Waals surface area contributed by atoms with Crippen LogP contribution in [-0.4, -0.2) is 40.7 Å². The van der Waals surface area contributed by atoms with Crippen molar-refractivity contribution in [3.63, 3.8) is 0 Å². The first-order valence-corrected chi connectivity index (χ1v) is 10.2. The van der Waals surface area contributed by atoms with Gasteiger partial charge in [-0.3, -0.25) is 4.79 Å². The number of rotatable bonds is 3. The van der Waals surface area contributed by atoms with E-state index in [1.165, 1.54) is 0 Å². The lowest BCUT2D eigenvalue weighted by molar-refractivity contribution is -0.125. The van der Waals surface area contributed by atoms with E-state index in [2.05, 4.69) is 10.5 Å². The molecule has 2 aliphatic rings. The first-order valence-electron chi connectivity index (χ1n) is 9.82. The number of nitrogens with one attached hydrogen (secondary N) is 1. The number of benzene rings is 1. The number of likely N-dealkylation sites (tertiary alicyclic amines) is 1. The van der Waals surface area contributed by atoms with Gasteiger partial charge in [0.25, 0.3) is 0 Å². The molecule has 1 N–H and O–H groups in total. The van der Waals surface area contributed by atoms with Crippen LogP contribution in [0.4, 0.5) is 4.79 Å². The minimum absolute atomic E-state index is 0.0213. The molecule has 1 aliphatic heterocycles. The Balaban J connectivity index is 1.40. The highest BCUT2D eigenvalue weighted by atomic mass is 35.5. The van der Waals surface area contributed by atoms with Crippen molar-refractivity contribution in [1.29, 1.82) is 0 Å². The molecule has 1 aromatic carbocycles. The summed E-state index contributed by atoms with van der Waals surface area (Å²) in [5, 5.41) is 8.54. The molecule has 2 atom stereocenters. The van der Waals surface area contributed by atoms with Crippen LogP contribution in [0, 0.1) is 17.8 Å². The quantitative estimate of drug-likeness (QED) is 0.814. The van der Waals surface area contributed by atoms with E-state index < -0.39 is 11.1 Å². The largest absolute Gasteiger partial charge is 0.444 e. The van der Waals surface area contributed by atoms with Crippen molar-refractivity contribution in [2.24, 2.45) is 17.8 Å². The van der Waals surface area contributed by atoms with Gasteiger partial charge in [0, 0.05) is 24.4 Å². The van der Waals surface area contributed by atoms with Gasteiger partial charge in [-0.15, -0.1) is 0 Å². The monoisotopic (exact) mass is 419 g/mol. The fourth-order valence-corrected chi connectivity index (χ4v) is 4.43. The second kappa shape index (κ2) is 6.62. The summed E-state index contributed by atoms with van der Waals surface area (Å²) in [5.41, 5.74) is -0.0739. The second-order valence-corrected chi connectivity index (χ2v) is 9.91. The molecule has 0 spiro atoms. The van der Waals surface area contributed by atoms with E-state index in [1.807, 2.05) is 46.8 Å². The van der Waals surface area contributed by atoms with Gasteiger partial charge in [0.1, 0.15) is 11.3 Å². The number of piperidine rings is 1. The molecule has 2 heterocycles. The van der Waals surface area contributed by atoms with E-state index in [1.54, 1.807) is 11.0 Å². The van der Waals surface area contributed by atoms with Crippen molar-refractivity contribution in [2.45, 2.75) is 45.8 Å². The average Bonchev–Trinajstić information content (AvgIpc) is 2.96. The molecule has 1 saturated heterocycles. The van der Waals surface area contributed by atoms with E-state index >= 15 is 0 Å². The van der Waals surface area contributed by atoms with E-state index in [4.69, 9.17) is 20.9 Å². The first kappa shape index (κ1) is 20.0. The average molecular weight is 420 g/mol. The Bertz CT molecular complexity index is 966. The topological polar surface area (TPSA) is 84.7 Å². The fourth-order valence-electron chi connectivity index (χ4n) is 4.22. The van der Waals surface area contributed by atoms with Gasteiger partial charge in [0.15, 0.2) is 5.58 Å². The minimum Gasteiger partial charge on any atom is -0.444 e. The molecule has 156 valence electrons. The number of carbonyl (C=O) groups excluding carboxylic acids is 2. The summed E-state index contributed by atoms with van der Waals surface area (Å²) < 4.78 is 10.8. The van der Waals surface area contributed by atoms with Gasteiger partial charge in [-0.25, -0.2) is 4.79 Å². The molecule has 7 nitrogen and oxygen atoms in total. The Morgan fingerprint density at radius 2 is 1.86 bits per heavy atom. The molecule has 1 aliphatic carbocycles. The second-order valence-electron chi connectivity index (χ2n) is 9.50. The van der Waals surface area contributed by atoms with Gasteiger partial charge in [-0.05, 0) is 58.6 Å². The first-order chi connectivity index (χ1) is 13.5. The molecule has 0 radical (unpaired) electrons. The van der Waals surface area contributed by atoms with Crippen LogP contribution in [0.3, 0.4) is 0 Å². The van der Waals surface area contributed by atoms with Crippen LogP contribution in [0.5, 0.6) is 0 Å². The summed E-state index contributed by atoms with van der Waals surface area (Å²) >= 11 is 6.17. The molecular weight excluding hydrogens is 394 g/mol. The van der Waals surface area contributed by atoms with Gasteiger partial charge in [-0.1, -0.05) is 22.8 Å². The van der Waals surface area contributed by atoms with Crippen molar-refractivity contribution < 1.29 is 18.8 Å². The lowest BCUT2D eigenvalue weighted by Gasteiger charge is -2.27. The number of halogens is 1. The maximum absolute atomic E-state index is 12.9. The van der Waals surface area contributed by atoms with Gasteiger partial charge in [0.05, 0.1) is 10.6 Å². The highest BCUT2D eigenvalue weighted by Crippen LogP contribution is 2.52. The lowest BCUT2D eigenvalue weighted by atomic mass is 9.96. The highest BCUT2D eigenvalue weighted by Gasteiger charge is 2.61. The number of fused-ring (bicyclic) bond motifs is 2. The zero-order valence-corrected chi connectivity index (χ0v) is 18.0. The highest BCUT2D eigenvalue weighted by molar-refractivity contribution is 6.34. The number of ether oxygens (including phenoxy) is 1. The number of nitrogens with zero attached hydrogens (tertiary/aromatic N) is 2. The Kier molecular flexibility index (Phi) is 4.57. The predicted octanol–water partition coefficient (Wildman–Crippen LogP) is 3.95. The molecule has 4 rings (SSSR count). The Morgan fingerprint density at radius 3 is 2.48 bits per heavy atom. The molecule has 2 fully saturated rings. The Hall–Kier alpha value is -2.28.